The molecule has 27 heavy (non-hydrogen) atoms. The van der Waals surface area contributed by atoms with Crippen molar-refractivity contribution in [3.8, 4) is 5.75 Å². The summed E-state index contributed by atoms with van der Waals surface area (Å²) in [5.74, 6) is -0.679. The first-order valence-electron chi connectivity index (χ1n) is 8.24. The van der Waals surface area contributed by atoms with Crippen molar-refractivity contribution in [3.05, 3.63) is 57.6 Å². The van der Waals surface area contributed by atoms with E-state index in [9.17, 15) is 14.7 Å². The number of nitrogens with zero attached hydrogens (tertiary/aromatic N) is 1. The number of hydrogen-bond donors (Lipinski definition) is 3. The molecule has 0 aliphatic rings. The molecule has 0 saturated heterocycles. The fourth-order valence-electron chi connectivity index (χ4n) is 2.28. The first-order chi connectivity index (χ1) is 12.8. The summed E-state index contributed by atoms with van der Waals surface area (Å²) in [6, 6.07) is 9.15. The first-order valence-corrected chi connectivity index (χ1v) is 9.00. The summed E-state index contributed by atoms with van der Waals surface area (Å²) in [5.41, 5.74) is 3.82. The lowest BCUT2D eigenvalue weighted by Crippen LogP contribution is -2.20. The number of benzene rings is 2. The number of anilines is 1. The number of carbonyl (C=O) groups is 2. The van der Waals surface area contributed by atoms with Gasteiger partial charge in [-0.1, -0.05) is 30.1 Å². The smallest absolute Gasteiger partial charge is 0.272 e. The van der Waals surface area contributed by atoms with Crippen LogP contribution >= 0.6 is 23.2 Å². The molecule has 0 saturated carbocycles. The lowest BCUT2D eigenvalue weighted by molar-refractivity contribution is -0.116. The van der Waals surface area contributed by atoms with Gasteiger partial charge >= 0.3 is 0 Å². The molecule has 2 rings (SSSR count). The molecule has 0 heterocycles. The molecule has 8 heteroatoms. The lowest BCUT2D eigenvalue weighted by atomic mass is 10.1. The van der Waals surface area contributed by atoms with Crippen LogP contribution in [0.4, 0.5) is 5.69 Å². The van der Waals surface area contributed by atoms with Gasteiger partial charge < -0.3 is 10.4 Å². The highest BCUT2D eigenvalue weighted by atomic mass is 35.5. The summed E-state index contributed by atoms with van der Waals surface area (Å²) in [6.45, 7) is 3.53. The molecule has 0 aliphatic heterocycles. The van der Waals surface area contributed by atoms with Gasteiger partial charge in [-0.15, -0.1) is 0 Å². The van der Waals surface area contributed by atoms with Gasteiger partial charge in [0.25, 0.3) is 5.91 Å². The summed E-state index contributed by atoms with van der Waals surface area (Å²) >= 11 is 11.9. The minimum Gasteiger partial charge on any atom is -0.507 e. The predicted molar refractivity (Wildman–Crippen MR) is 108 cm³/mol. The molecule has 0 unspecified atom stereocenters. The highest BCUT2D eigenvalue weighted by Crippen LogP contribution is 2.23. The molecule has 0 fully saturated rings. The third-order valence-corrected chi connectivity index (χ3v) is 4.21. The highest BCUT2D eigenvalue weighted by Gasteiger charge is 2.12. The second kappa shape index (κ2) is 9.39. The number of aromatic hydroxyl groups is 1. The van der Waals surface area contributed by atoms with Crippen molar-refractivity contribution in [1.82, 2.24) is 5.43 Å². The highest BCUT2D eigenvalue weighted by molar-refractivity contribution is 6.35. The number of phenolic OH excluding ortho intramolecular Hbond substituents is 1. The van der Waals surface area contributed by atoms with E-state index in [1.54, 1.807) is 25.1 Å². The van der Waals surface area contributed by atoms with Crippen LogP contribution in [0.25, 0.3) is 0 Å². The molecule has 0 bridgehead atoms. The molecule has 0 atom stereocenters. The first kappa shape index (κ1) is 20.7. The molecule has 0 radical (unpaired) electrons. The quantitative estimate of drug-likeness (QED) is 0.371. The third kappa shape index (κ3) is 5.70. The number of rotatable bonds is 6. The zero-order valence-corrected chi connectivity index (χ0v) is 16.4. The number of nitrogens with one attached hydrogen (secondary N) is 2. The van der Waals surface area contributed by atoms with E-state index in [1.165, 1.54) is 18.2 Å². The van der Waals surface area contributed by atoms with Crippen LogP contribution in [0, 0.1) is 0 Å². The van der Waals surface area contributed by atoms with E-state index in [0.717, 1.165) is 6.42 Å². The van der Waals surface area contributed by atoms with Crippen LogP contribution in [0.2, 0.25) is 10.0 Å². The molecule has 2 amide bonds. The van der Waals surface area contributed by atoms with Gasteiger partial charge in [0.15, 0.2) is 0 Å². The van der Waals surface area contributed by atoms with Gasteiger partial charge in [0.2, 0.25) is 5.91 Å². The molecule has 142 valence electrons. The molecular formula is C19H19Cl2N3O3. The van der Waals surface area contributed by atoms with Crippen molar-refractivity contribution < 1.29 is 14.7 Å². The third-order valence-electron chi connectivity index (χ3n) is 3.65. The lowest BCUT2D eigenvalue weighted by Gasteiger charge is -2.09. The number of halogens is 2. The molecule has 0 spiro atoms. The maximum Gasteiger partial charge on any atom is 0.272 e. The predicted octanol–water partition coefficient (Wildman–Crippen LogP) is 4.59. The molecule has 2 aromatic rings. The summed E-state index contributed by atoms with van der Waals surface area (Å²) < 4.78 is 0. The Morgan fingerprint density at radius 2 is 1.85 bits per heavy atom. The maximum absolute atomic E-state index is 12.2. The van der Waals surface area contributed by atoms with E-state index < -0.39 is 5.91 Å². The van der Waals surface area contributed by atoms with E-state index in [0.29, 0.717) is 28.4 Å². The van der Waals surface area contributed by atoms with Crippen molar-refractivity contribution in [2.45, 2.75) is 26.7 Å². The second-order valence-corrected chi connectivity index (χ2v) is 6.64. The largest absolute Gasteiger partial charge is 0.507 e. The number of amides is 2. The Labute approximate surface area is 167 Å². The van der Waals surface area contributed by atoms with Crippen LogP contribution in [0.1, 0.15) is 42.6 Å². The second-order valence-electron chi connectivity index (χ2n) is 5.79. The Bertz CT molecular complexity index is 898. The number of phenols is 1. The number of hydrogen-bond acceptors (Lipinski definition) is 4. The van der Waals surface area contributed by atoms with Crippen molar-refractivity contribution >= 4 is 46.4 Å². The van der Waals surface area contributed by atoms with Gasteiger partial charge in [0.1, 0.15) is 5.75 Å². The number of carbonyl (C=O) groups excluding carboxylic acids is 2. The van der Waals surface area contributed by atoms with Crippen LogP contribution < -0.4 is 10.7 Å². The molecule has 0 aromatic heterocycles. The van der Waals surface area contributed by atoms with Crippen molar-refractivity contribution in [2.75, 3.05) is 5.32 Å². The zero-order chi connectivity index (χ0) is 20.0. The van der Waals surface area contributed by atoms with Gasteiger partial charge in [-0.25, -0.2) is 5.43 Å². The molecular weight excluding hydrogens is 389 g/mol. The summed E-state index contributed by atoms with van der Waals surface area (Å²) in [7, 11) is 0. The molecule has 3 N–H and O–H groups in total. The van der Waals surface area contributed by atoms with Crippen molar-refractivity contribution in [3.63, 3.8) is 0 Å². The minimum absolute atomic E-state index is 0.0280. The summed E-state index contributed by atoms with van der Waals surface area (Å²) in [5, 5.41) is 17.4. The van der Waals surface area contributed by atoms with Crippen molar-refractivity contribution in [1.29, 1.82) is 0 Å². The Kier molecular flexibility index (Phi) is 7.21. The summed E-state index contributed by atoms with van der Waals surface area (Å²) in [4.78, 5) is 24.0. The van der Waals surface area contributed by atoms with Crippen LogP contribution in [-0.2, 0) is 4.79 Å². The standard InChI is InChI=1S/C19H19Cl2N3O3/c1-3-4-18(26)22-13-6-8-17(25)14(10-13)11(2)23-24-19(27)15-9-12(20)5-7-16(15)21/h5-10,25H,3-4H2,1-2H3,(H,22,26)(H,24,27)/b23-11+. The van der Waals surface area contributed by atoms with E-state index in [2.05, 4.69) is 15.8 Å². The minimum atomic E-state index is -0.534. The SMILES string of the molecule is CCCC(=O)Nc1ccc(O)c(/C(C)=N/NC(=O)c2cc(Cl)ccc2Cl)c1. The van der Waals surface area contributed by atoms with Crippen molar-refractivity contribution in [2.24, 2.45) is 5.10 Å². The Balaban J connectivity index is 2.18. The van der Waals surface area contributed by atoms with Crippen LogP contribution in [-0.4, -0.2) is 22.6 Å². The normalized spacial score (nSPS) is 11.2. The van der Waals surface area contributed by atoms with Crippen LogP contribution in [0.5, 0.6) is 5.75 Å². The average Bonchev–Trinajstić information content (AvgIpc) is 2.63. The zero-order valence-electron chi connectivity index (χ0n) is 14.8. The summed E-state index contributed by atoms with van der Waals surface area (Å²) in [6.07, 6.45) is 1.13. The fraction of sp³-hybridized carbons (Fsp3) is 0.211. The van der Waals surface area contributed by atoms with Crippen LogP contribution in [0.3, 0.4) is 0 Å². The van der Waals surface area contributed by atoms with Crippen LogP contribution in [0.15, 0.2) is 41.5 Å². The Morgan fingerprint density at radius 3 is 2.56 bits per heavy atom. The van der Waals surface area contributed by atoms with Gasteiger partial charge in [0, 0.05) is 22.7 Å². The van der Waals surface area contributed by atoms with E-state index in [4.69, 9.17) is 23.2 Å². The molecule has 0 aliphatic carbocycles. The van der Waals surface area contributed by atoms with Gasteiger partial charge in [-0.2, -0.15) is 5.10 Å². The Hall–Kier alpha value is -2.57. The van der Waals surface area contributed by atoms with Gasteiger partial charge in [-0.05, 0) is 49.7 Å². The maximum atomic E-state index is 12.2. The monoisotopic (exact) mass is 407 g/mol. The topological polar surface area (TPSA) is 90.8 Å². The van der Waals surface area contributed by atoms with E-state index in [-0.39, 0.29) is 22.2 Å². The molecule has 6 nitrogen and oxygen atoms in total. The Morgan fingerprint density at radius 1 is 1.11 bits per heavy atom. The van der Waals surface area contributed by atoms with E-state index >= 15 is 0 Å². The van der Waals surface area contributed by atoms with E-state index in [1.807, 2.05) is 6.92 Å². The molecule has 2 aromatic carbocycles. The fourth-order valence-corrected chi connectivity index (χ4v) is 2.66. The van der Waals surface area contributed by atoms with Gasteiger partial charge in [-0.3, -0.25) is 9.59 Å². The van der Waals surface area contributed by atoms with Gasteiger partial charge in [0.05, 0.1) is 16.3 Å². The number of hydrazone groups is 1. The average molecular weight is 408 g/mol.